The van der Waals surface area contributed by atoms with Gasteiger partial charge in [-0.2, -0.15) is 12.6 Å². The van der Waals surface area contributed by atoms with Crippen LogP contribution in [0.25, 0.3) is 0 Å². The number of rotatable bonds is 3. The molecule has 0 amide bonds. The second-order valence-corrected chi connectivity index (χ2v) is 9.75. The molecule has 1 aromatic carbocycles. The monoisotopic (exact) mass is 292 g/mol. The lowest BCUT2D eigenvalue weighted by Crippen LogP contribution is -2.38. The van der Waals surface area contributed by atoms with Crippen molar-refractivity contribution >= 4 is 12.6 Å². The first-order valence-electron chi connectivity index (χ1n) is 7.54. The van der Waals surface area contributed by atoms with Crippen LogP contribution in [0.1, 0.15) is 73.4 Å². The molecule has 0 aliphatic heterocycles. The van der Waals surface area contributed by atoms with Crippen molar-refractivity contribution in [3.63, 3.8) is 0 Å². The summed E-state index contributed by atoms with van der Waals surface area (Å²) < 4.78 is -0.0476. The third kappa shape index (κ3) is 3.08. The highest BCUT2D eigenvalue weighted by molar-refractivity contribution is 7.81. The maximum absolute atomic E-state index is 4.78. The number of benzene rings is 1. The Morgan fingerprint density at radius 3 is 1.15 bits per heavy atom. The van der Waals surface area contributed by atoms with Crippen molar-refractivity contribution in [2.24, 2.45) is 5.41 Å². The van der Waals surface area contributed by atoms with E-state index in [1.54, 1.807) is 0 Å². The molecule has 114 valence electrons. The molecular weight excluding hydrogens is 260 g/mol. The number of hydrogen-bond acceptors (Lipinski definition) is 1. The summed E-state index contributed by atoms with van der Waals surface area (Å²) in [6.07, 6.45) is 0. The van der Waals surface area contributed by atoms with Crippen molar-refractivity contribution in [2.75, 3.05) is 0 Å². The van der Waals surface area contributed by atoms with Crippen LogP contribution < -0.4 is 0 Å². The Balaban J connectivity index is 3.20. The highest BCUT2D eigenvalue weighted by Crippen LogP contribution is 2.43. The minimum absolute atomic E-state index is 0.0422. The first kappa shape index (κ1) is 17.6. The van der Waals surface area contributed by atoms with Gasteiger partial charge < -0.3 is 0 Å². The quantitative estimate of drug-likeness (QED) is 0.649. The average Bonchev–Trinajstić information content (AvgIpc) is 2.26. The van der Waals surface area contributed by atoms with Crippen LogP contribution in [0.3, 0.4) is 0 Å². The van der Waals surface area contributed by atoms with E-state index in [1.807, 2.05) is 0 Å². The Hall–Kier alpha value is -0.430. The number of hydrogen-bond donors (Lipinski definition) is 1. The lowest BCUT2D eigenvalue weighted by atomic mass is 9.65. The van der Waals surface area contributed by atoms with E-state index >= 15 is 0 Å². The van der Waals surface area contributed by atoms with E-state index in [-0.39, 0.29) is 21.0 Å². The average molecular weight is 293 g/mol. The van der Waals surface area contributed by atoms with Crippen LogP contribution in [-0.2, 0) is 10.8 Å². The normalized spacial score (nSPS) is 14.5. The lowest BCUT2D eigenvalue weighted by molar-refractivity contribution is 0.225. The fourth-order valence-electron chi connectivity index (χ4n) is 2.09. The van der Waals surface area contributed by atoms with Crippen LogP contribution in [-0.4, -0.2) is 4.75 Å². The van der Waals surface area contributed by atoms with Gasteiger partial charge in [0, 0.05) is 10.2 Å². The van der Waals surface area contributed by atoms with Crippen molar-refractivity contribution in [2.45, 2.75) is 77.9 Å². The Bertz CT molecular complexity index is 405. The molecule has 0 heterocycles. The third-order valence-corrected chi connectivity index (χ3v) is 6.29. The van der Waals surface area contributed by atoms with Gasteiger partial charge in [-0.15, -0.1) is 0 Å². The van der Waals surface area contributed by atoms with Gasteiger partial charge in [0.2, 0.25) is 0 Å². The molecule has 0 aliphatic rings. The van der Waals surface area contributed by atoms with Gasteiger partial charge in [-0.05, 0) is 22.0 Å². The van der Waals surface area contributed by atoms with E-state index in [0.717, 1.165) is 0 Å². The predicted molar refractivity (Wildman–Crippen MR) is 95.0 cm³/mol. The summed E-state index contributed by atoms with van der Waals surface area (Å²) in [4.78, 5) is 0. The van der Waals surface area contributed by atoms with Gasteiger partial charge in [-0.25, -0.2) is 0 Å². The van der Waals surface area contributed by atoms with Crippen molar-refractivity contribution in [3.8, 4) is 0 Å². The fraction of sp³-hybridized carbons (Fsp3) is 0.684. The van der Waals surface area contributed by atoms with Crippen LogP contribution in [0.5, 0.6) is 0 Å². The molecule has 0 nitrogen and oxygen atoms in total. The van der Waals surface area contributed by atoms with Gasteiger partial charge in [0.05, 0.1) is 0 Å². The fourth-order valence-corrected chi connectivity index (χ4v) is 2.22. The van der Waals surface area contributed by atoms with Gasteiger partial charge in [-0.3, -0.25) is 0 Å². The summed E-state index contributed by atoms with van der Waals surface area (Å²) in [5.74, 6) is 0. The van der Waals surface area contributed by atoms with E-state index in [4.69, 9.17) is 12.6 Å². The van der Waals surface area contributed by atoms with Crippen LogP contribution in [0.4, 0.5) is 0 Å². The molecule has 0 saturated heterocycles. The van der Waals surface area contributed by atoms with Crippen molar-refractivity contribution in [3.05, 3.63) is 35.4 Å². The standard InChI is InChI=1S/C19H32S/c1-16(2,3)17(4,5)14-10-12-15(13-11-14)18(6,7)19(8,9)20/h10-13,20H,1-9H3. The molecule has 0 aromatic heterocycles. The molecule has 0 saturated carbocycles. The van der Waals surface area contributed by atoms with E-state index in [2.05, 4.69) is 86.6 Å². The van der Waals surface area contributed by atoms with E-state index in [9.17, 15) is 0 Å². The maximum atomic E-state index is 4.78. The van der Waals surface area contributed by atoms with Gasteiger partial charge in [0.15, 0.2) is 0 Å². The smallest absolute Gasteiger partial charge is 0.0164 e. The summed E-state index contributed by atoms with van der Waals surface area (Å²) >= 11 is 4.78. The van der Waals surface area contributed by atoms with Crippen molar-refractivity contribution < 1.29 is 0 Å². The number of thiol groups is 1. The Morgan fingerprint density at radius 1 is 0.600 bits per heavy atom. The molecule has 0 bridgehead atoms. The first-order valence-corrected chi connectivity index (χ1v) is 7.99. The highest BCUT2D eigenvalue weighted by Gasteiger charge is 2.37. The topological polar surface area (TPSA) is 0 Å². The predicted octanol–water partition coefficient (Wildman–Crippen LogP) is 6.00. The van der Waals surface area contributed by atoms with Crippen LogP contribution in [0.15, 0.2) is 24.3 Å². The molecule has 1 rings (SSSR count). The molecule has 0 spiro atoms. The van der Waals surface area contributed by atoms with Crippen molar-refractivity contribution in [1.82, 2.24) is 0 Å². The molecule has 1 heteroatoms. The molecule has 20 heavy (non-hydrogen) atoms. The Kier molecular flexibility index (Phi) is 4.48. The largest absolute Gasteiger partial charge is 0.172 e. The summed E-state index contributed by atoms with van der Waals surface area (Å²) in [5, 5.41) is 0. The zero-order chi connectivity index (χ0) is 16.0. The van der Waals surface area contributed by atoms with Gasteiger partial charge in [-0.1, -0.05) is 86.6 Å². The molecule has 0 atom stereocenters. The van der Waals surface area contributed by atoms with E-state index in [1.165, 1.54) is 11.1 Å². The summed E-state index contributed by atoms with van der Waals surface area (Å²) in [7, 11) is 0. The molecule has 0 radical (unpaired) electrons. The molecule has 0 fully saturated rings. The minimum atomic E-state index is -0.0476. The molecule has 1 aromatic rings. The highest BCUT2D eigenvalue weighted by atomic mass is 32.1. The van der Waals surface area contributed by atoms with Gasteiger partial charge in [0.25, 0.3) is 0 Å². The second kappa shape index (κ2) is 5.09. The molecule has 0 aliphatic carbocycles. The molecule has 0 N–H and O–H groups in total. The van der Waals surface area contributed by atoms with Crippen LogP contribution in [0, 0.1) is 5.41 Å². The van der Waals surface area contributed by atoms with Crippen LogP contribution >= 0.6 is 12.6 Å². The van der Waals surface area contributed by atoms with Gasteiger partial charge in [0.1, 0.15) is 0 Å². The first-order chi connectivity index (χ1) is 8.71. The minimum Gasteiger partial charge on any atom is -0.172 e. The second-order valence-electron chi connectivity index (χ2n) is 8.64. The summed E-state index contributed by atoms with van der Waals surface area (Å²) in [5.41, 5.74) is 3.20. The Labute approximate surface area is 131 Å². The zero-order valence-corrected chi connectivity index (χ0v) is 15.7. The van der Waals surface area contributed by atoms with Gasteiger partial charge >= 0.3 is 0 Å². The third-order valence-electron chi connectivity index (χ3n) is 5.73. The van der Waals surface area contributed by atoms with E-state index < -0.39 is 0 Å². The summed E-state index contributed by atoms with van der Waals surface area (Å²) in [6.45, 7) is 20.5. The molecular formula is C19H32S. The zero-order valence-electron chi connectivity index (χ0n) is 14.8. The summed E-state index contributed by atoms with van der Waals surface area (Å²) in [6, 6.07) is 9.14. The lowest BCUT2D eigenvalue weighted by Gasteiger charge is -2.41. The van der Waals surface area contributed by atoms with Crippen LogP contribution in [0.2, 0.25) is 0 Å². The SMILES string of the molecule is CC(C)(C)C(C)(C)c1ccc(C(C)(C)C(C)(C)S)cc1. The van der Waals surface area contributed by atoms with Crippen molar-refractivity contribution in [1.29, 1.82) is 0 Å². The molecule has 0 unspecified atom stereocenters. The van der Waals surface area contributed by atoms with E-state index in [0.29, 0.717) is 0 Å². The Morgan fingerprint density at radius 2 is 0.900 bits per heavy atom. The maximum Gasteiger partial charge on any atom is 0.0164 e.